The van der Waals surface area contributed by atoms with Crippen LogP contribution in [-0.2, 0) is 11.3 Å². The van der Waals surface area contributed by atoms with Gasteiger partial charge in [0, 0.05) is 13.0 Å². The number of carbonyl (C=O) groups is 1. The average molecular weight is 313 g/mol. The summed E-state index contributed by atoms with van der Waals surface area (Å²) in [5.74, 6) is 0. The van der Waals surface area contributed by atoms with E-state index in [2.05, 4.69) is 0 Å². The molecular weight excluding hydrogens is 293 g/mol. The fraction of sp³-hybridized carbons (Fsp3) is 0.316. The number of hydrogen-bond acceptors (Lipinski definition) is 2. The number of hydrogen-bond donors (Lipinski definition) is 0. The Bertz CT molecular complexity index is 632. The maximum Gasteiger partial charge on any atom is 0.410 e. The van der Waals surface area contributed by atoms with Gasteiger partial charge in [-0.2, -0.15) is 0 Å². The topological polar surface area (TPSA) is 29.5 Å². The van der Waals surface area contributed by atoms with Crippen molar-refractivity contribution in [2.24, 2.45) is 0 Å². The third-order valence-electron chi connectivity index (χ3n) is 4.16. The molecule has 0 spiro atoms. The number of piperidine rings is 1. The molecule has 3 rings (SSSR count). The molecule has 4 heteroatoms. The number of amides is 1. The van der Waals surface area contributed by atoms with Gasteiger partial charge in [-0.05, 0) is 17.5 Å². The second kappa shape index (κ2) is 7.27. The molecule has 0 unspecified atom stereocenters. The van der Waals surface area contributed by atoms with Gasteiger partial charge in [0.2, 0.25) is 0 Å². The number of ether oxygens (including phenoxy) is 1. The third kappa shape index (κ3) is 3.89. The van der Waals surface area contributed by atoms with E-state index in [1.165, 1.54) is 0 Å². The first-order valence-corrected chi connectivity index (χ1v) is 7.90. The fourth-order valence-electron chi connectivity index (χ4n) is 2.93. The van der Waals surface area contributed by atoms with Crippen molar-refractivity contribution in [3.8, 4) is 0 Å². The van der Waals surface area contributed by atoms with Gasteiger partial charge in [-0.1, -0.05) is 60.7 Å². The van der Waals surface area contributed by atoms with E-state index < -0.39 is 6.17 Å². The Morgan fingerprint density at radius 1 is 1.09 bits per heavy atom. The first-order valence-electron chi connectivity index (χ1n) is 7.90. The molecule has 120 valence electrons. The maximum absolute atomic E-state index is 13.8. The highest BCUT2D eigenvalue weighted by Gasteiger charge is 2.33. The van der Waals surface area contributed by atoms with Crippen molar-refractivity contribution in [2.75, 3.05) is 6.54 Å². The van der Waals surface area contributed by atoms with Crippen molar-refractivity contribution in [1.29, 1.82) is 0 Å². The highest BCUT2D eigenvalue weighted by molar-refractivity contribution is 5.68. The molecule has 1 heterocycles. The van der Waals surface area contributed by atoms with Crippen molar-refractivity contribution in [3.05, 3.63) is 71.8 Å². The summed E-state index contributed by atoms with van der Waals surface area (Å²) in [4.78, 5) is 14.1. The summed E-state index contributed by atoms with van der Waals surface area (Å²) < 4.78 is 19.2. The van der Waals surface area contributed by atoms with E-state index in [0.717, 1.165) is 11.1 Å². The minimum Gasteiger partial charge on any atom is -0.445 e. The van der Waals surface area contributed by atoms with E-state index in [1.54, 1.807) is 4.90 Å². The van der Waals surface area contributed by atoms with Gasteiger partial charge in [0.05, 0.1) is 6.04 Å². The lowest BCUT2D eigenvalue weighted by atomic mass is 9.94. The molecule has 0 aromatic heterocycles. The second-order valence-electron chi connectivity index (χ2n) is 5.78. The monoisotopic (exact) mass is 313 g/mol. The van der Waals surface area contributed by atoms with Crippen molar-refractivity contribution in [3.63, 3.8) is 0 Å². The van der Waals surface area contributed by atoms with Crippen LogP contribution >= 0.6 is 0 Å². The Kier molecular flexibility index (Phi) is 4.91. The van der Waals surface area contributed by atoms with Crippen molar-refractivity contribution >= 4 is 6.09 Å². The summed E-state index contributed by atoms with van der Waals surface area (Å²) in [6, 6.07) is 18.9. The second-order valence-corrected chi connectivity index (χ2v) is 5.78. The molecule has 0 bridgehead atoms. The molecule has 1 aliphatic heterocycles. The van der Waals surface area contributed by atoms with Crippen LogP contribution in [-0.4, -0.2) is 23.7 Å². The predicted molar refractivity (Wildman–Crippen MR) is 86.6 cm³/mol. The van der Waals surface area contributed by atoms with Crippen molar-refractivity contribution in [2.45, 2.75) is 31.7 Å². The molecule has 0 radical (unpaired) electrons. The lowest BCUT2D eigenvalue weighted by Gasteiger charge is -2.36. The van der Waals surface area contributed by atoms with Crippen molar-refractivity contribution in [1.82, 2.24) is 4.90 Å². The molecule has 0 saturated carbocycles. The molecule has 23 heavy (non-hydrogen) atoms. The molecule has 2 atom stereocenters. The maximum atomic E-state index is 13.8. The van der Waals surface area contributed by atoms with E-state index in [9.17, 15) is 9.18 Å². The van der Waals surface area contributed by atoms with Gasteiger partial charge in [-0.15, -0.1) is 0 Å². The average Bonchev–Trinajstić information content (AvgIpc) is 2.61. The Morgan fingerprint density at radius 3 is 2.43 bits per heavy atom. The largest absolute Gasteiger partial charge is 0.445 e. The van der Waals surface area contributed by atoms with Gasteiger partial charge < -0.3 is 9.64 Å². The first kappa shape index (κ1) is 15.5. The van der Waals surface area contributed by atoms with Crippen molar-refractivity contribution < 1.29 is 13.9 Å². The van der Waals surface area contributed by atoms with Crippen LogP contribution in [0.2, 0.25) is 0 Å². The van der Waals surface area contributed by atoms with Gasteiger partial charge in [-0.3, -0.25) is 0 Å². The fourth-order valence-corrected chi connectivity index (χ4v) is 2.93. The van der Waals surface area contributed by atoms with Crippen LogP contribution in [0.15, 0.2) is 60.7 Å². The van der Waals surface area contributed by atoms with E-state index in [4.69, 9.17) is 4.74 Å². The summed E-state index contributed by atoms with van der Waals surface area (Å²) in [5.41, 5.74) is 1.89. The third-order valence-corrected chi connectivity index (χ3v) is 4.16. The van der Waals surface area contributed by atoms with Crippen LogP contribution in [0.25, 0.3) is 0 Å². The molecule has 2 aromatic carbocycles. The lowest BCUT2D eigenvalue weighted by Crippen LogP contribution is -2.41. The Morgan fingerprint density at radius 2 is 1.74 bits per heavy atom. The number of likely N-dealkylation sites (tertiary alicyclic amines) is 1. The lowest BCUT2D eigenvalue weighted by molar-refractivity contribution is 0.0498. The summed E-state index contributed by atoms with van der Waals surface area (Å²) in [6.07, 6.45) is -0.568. The highest BCUT2D eigenvalue weighted by atomic mass is 19.1. The van der Waals surface area contributed by atoms with Gasteiger partial charge in [0.1, 0.15) is 12.8 Å². The van der Waals surface area contributed by atoms with Gasteiger partial charge in [-0.25, -0.2) is 9.18 Å². The predicted octanol–water partition coefficient (Wildman–Crippen LogP) is 4.50. The quantitative estimate of drug-likeness (QED) is 0.835. The standard InChI is InChI=1S/C19H20FNO2/c20-17-11-12-21(18(13-17)16-9-5-2-6-10-16)19(22)23-14-15-7-3-1-4-8-15/h1-10,17-18H,11-14H2/t17-,18+/m0/s1. The zero-order chi connectivity index (χ0) is 16.1. The van der Waals surface area contributed by atoms with E-state index in [0.29, 0.717) is 19.4 Å². The first-order chi connectivity index (χ1) is 11.2. The molecule has 2 aromatic rings. The smallest absolute Gasteiger partial charge is 0.410 e. The summed E-state index contributed by atoms with van der Waals surface area (Å²) in [6.45, 7) is 0.616. The zero-order valence-corrected chi connectivity index (χ0v) is 12.9. The van der Waals surface area contributed by atoms with Crippen LogP contribution in [0.5, 0.6) is 0 Å². The number of halogens is 1. The van der Waals surface area contributed by atoms with Crippen LogP contribution in [0.3, 0.4) is 0 Å². The van der Waals surface area contributed by atoms with Crippen LogP contribution in [0, 0.1) is 0 Å². The summed E-state index contributed by atoms with van der Waals surface area (Å²) in [5, 5.41) is 0. The molecule has 1 fully saturated rings. The molecule has 1 saturated heterocycles. The molecule has 1 amide bonds. The van der Waals surface area contributed by atoms with E-state index in [-0.39, 0.29) is 18.7 Å². The number of carbonyl (C=O) groups excluding carboxylic acids is 1. The zero-order valence-electron chi connectivity index (χ0n) is 12.9. The van der Waals surface area contributed by atoms with Gasteiger partial charge in [0.25, 0.3) is 0 Å². The van der Waals surface area contributed by atoms with Gasteiger partial charge in [0.15, 0.2) is 0 Å². The van der Waals surface area contributed by atoms with Gasteiger partial charge >= 0.3 is 6.09 Å². The Balaban J connectivity index is 1.69. The number of benzene rings is 2. The molecule has 0 N–H and O–H groups in total. The SMILES string of the molecule is O=C(OCc1ccccc1)N1CC[C@H](F)C[C@@H]1c1ccccc1. The molecule has 0 aliphatic carbocycles. The van der Waals surface area contributed by atoms with E-state index >= 15 is 0 Å². The van der Waals surface area contributed by atoms with E-state index in [1.807, 2.05) is 60.7 Å². The number of nitrogens with zero attached hydrogens (tertiary/aromatic N) is 1. The van der Waals surface area contributed by atoms with Crippen LogP contribution in [0.4, 0.5) is 9.18 Å². The minimum atomic E-state index is -0.877. The Hall–Kier alpha value is -2.36. The van der Waals surface area contributed by atoms with Crippen LogP contribution in [0.1, 0.15) is 30.0 Å². The summed E-state index contributed by atoms with van der Waals surface area (Å²) >= 11 is 0. The molecular formula is C19H20FNO2. The minimum absolute atomic E-state index is 0.233. The summed E-state index contributed by atoms with van der Waals surface area (Å²) in [7, 11) is 0. The molecule has 1 aliphatic rings. The number of rotatable bonds is 3. The Labute approximate surface area is 135 Å². The highest BCUT2D eigenvalue weighted by Crippen LogP contribution is 2.32. The van der Waals surface area contributed by atoms with Crippen LogP contribution < -0.4 is 0 Å². The normalized spacial score (nSPS) is 21.0. The number of alkyl halides is 1. The molecule has 3 nitrogen and oxygen atoms in total.